The fourth-order valence-electron chi connectivity index (χ4n) is 0.975. The summed E-state index contributed by atoms with van der Waals surface area (Å²) in [5.74, 6) is -0.412. The molecule has 4 nitrogen and oxygen atoms in total. The van der Waals surface area contributed by atoms with Crippen molar-refractivity contribution in [1.29, 1.82) is 5.53 Å². The molecular weight excluding hydrogens is 168 g/mol. The van der Waals surface area contributed by atoms with Crippen LogP contribution in [0, 0.1) is 12.5 Å². The zero-order valence-corrected chi connectivity index (χ0v) is 7.50. The summed E-state index contributed by atoms with van der Waals surface area (Å²) < 4.78 is 4.53. The van der Waals surface area contributed by atoms with Gasteiger partial charge in [-0.1, -0.05) is 6.07 Å². The molecule has 1 N–H and O–H groups in total. The van der Waals surface area contributed by atoms with E-state index in [9.17, 15) is 4.79 Å². The van der Waals surface area contributed by atoms with Gasteiger partial charge in [-0.2, -0.15) is 5.11 Å². The minimum Gasteiger partial charge on any atom is -0.465 e. The minimum atomic E-state index is -0.412. The Morgan fingerprint density at radius 3 is 2.77 bits per heavy atom. The van der Waals surface area contributed by atoms with Crippen molar-refractivity contribution < 1.29 is 9.53 Å². The van der Waals surface area contributed by atoms with Crippen LogP contribution in [0.5, 0.6) is 0 Å². The van der Waals surface area contributed by atoms with Crippen molar-refractivity contribution in [2.75, 3.05) is 7.11 Å². The molecule has 0 radical (unpaired) electrons. The molecule has 0 amide bonds. The lowest BCUT2D eigenvalue weighted by Gasteiger charge is -2.01. The number of methoxy groups -OCH3 is 1. The van der Waals surface area contributed by atoms with Gasteiger partial charge in [0.05, 0.1) is 18.4 Å². The number of carbonyl (C=O) groups is 1. The third-order valence-corrected chi connectivity index (χ3v) is 1.75. The molecule has 0 bridgehead atoms. The SMILES string of the molecule is COC(=O)c1ccc(C)c(N=N)c1. The summed E-state index contributed by atoms with van der Waals surface area (Å²) in [6, 6.07) is 4.92. The van der Waals surface area contributed by atoms with Crippen molar-refractivity contribution in [3.8, 4) is 0 Å². The van der Waals surface area contributed by atoms with Gasteiger partial charge in [0.1, 0.15) is 0 Å². The van der Waals surface area contributed by atoms with Gasteiger partial charge in [-0.3, -0.25) is 0 Å². The van der Waals surface area contributed by atoms with E-state index in [1.807, 2.05) is 6.92 Å². The Morgan fingerprint density at radius 2 is 2.23 bits per heavy atom. The van der Waals surface area contributed by atoms with Crippen molar-refractivity contribution in [2.45, 2.75) is 6.92 Å². The topological polar surface area (TPSA) is 62.5 Å². The second kappa shape index (κ2) is 3.80. The fourth-order valence-corrected chi connectivity index (χ4v) is 0.975. The Morgan fingerprint density at radius 1 is 1.54 bits per heavy atom. The van der Waals surface area contributed by atoms with Gasteiger partial charge in [0.2, 0.25) is 0 Å². The van der Waals surface area contributed by atoms with Crippen LogP contribution in [0.4, 0.5) is 5.69 Å². The largest absolute Gasteiger partial charge is 0.465 e. The highest BCUT2D eigenvalue weighted by atomic mass is 16.5. The van der Waals surface area contributed by atoms with E-state index in [2.05, 4.69) is 9.85 Å². The highest BCUT2D eigenvalue weighted by Crippen LogP contribution is 2.19. The Balaban J connectivity index is 3.13. The van der Waals surface area contributed by atoms with Crippen LogP contribution in [0.15, 0.2) is 23.3 Å². The number of hydrogen-bond donors (Lipinski definition) is 1. The number of aryl methyl sites for hydroxylation is 1. The van der Waals surface area contributed by atoms with E-state index >= 15 is 0 Å². The van der Waals surface area contributed by atoms with Crippen molar-refractivity contribution in [3.63, 3.8) is 0 Å². The molecule has 0 atom stereocenters. The van der Waals surface area contributed by atoms with Gasteiger partial charge in [-0.25, -0.2) is 10.3 Å². The van der Waals surface area contributed by atoms with E-state index in [-0.39, 0.29) is 0 Å². The number of benzene rings is 1. The monoisotopic (exact) mass is 178 g/mol. The van der Waals surface area contributed by atoms with E-state index in [1.165, 1.54) is 13.2 Å². The zero-order chi connectivity index (χ0) is 9.84. The summed E-state index contributed by atoms with van der Waals surface area (Å²) in [5, 5.41) is 3.29. The average Bonchev–Trinajstić information content (AvgIpc) is 2.17. The van der Waals surface area contributed by atoms with Crippen LogP contribution < -0.4 is 0 Å². The molecule has 0 saturated carbocycles. The van der Waals surface area contributed by atoms with Crippen LogP contribution in [-0.2, 0) is 4.74 Å². The van der Waals surface area contributed by atoms with Gasteiger partial charge in [-0.15, -0.1) is 0 Å². The maximum Gasteiger partial charge on any atom is 0.337 e. The summed E-state index contributed by atoms with van der Waals surface area (Å²) in [6.45, 7) is 1.83. The molecule has 1 aromatic carbocycles. The van der Waals surface area contributed by atoms with Crippen molar-refractivity contribution in [2.24, 2.45) is 5.11 Å². The first-order valence-corrected chi connectivity index (χ1v) is 3.75. The van der Waals surface area contributed by atoms with Gasteiger partial charge >= 0.3 is 5.97 Å². The maximum atomic E-state index is 11.1. The number of ether oxygens (including phenoxy) is 1. The van der Waals surface area contributed by atoms with Gasteiger partial charge in [0.25, 0.3) is 0 Å². The number of esters is 1. The third-order valence-electron chi connectivity index (χ3n) is 1.75. The Bertz CT molecular complexity index is 347. The first kappa shape index (κ1) is 9.38. The number of hydrogen-bond acceptors (Lipinski definition) is 4. The summed E-state index contributed by atoms with van der Waals surface area (Å²) in [7, 11) is 1.32. The molecule has 0 aliphatic rings. The third kappa shape index (κ3) is 1.90. The average molecular weight is 178 g/mol. The molecule has 0 aliphatic carbocycles. The lowest BCUT2D eigenvalue weighted by atomic mass is 10.1. The normalized spacial score (nSPS) is 9.38. The Labute approximate surface area is 76.0 Å². The molecule has 13 heavy (non-hydrogen) atoms. The quantitative estimate of drug-likeness (QED) is 0.558. The molecule has 0 fully saturated rings. The highest BCUT2D eigenvalue weighted by Gasteiger charge is 2.06. The molecule has 68 valence electrons. The summed E-state index contributed by atoms with van der Waals surface area (Å²) in [5.41, 5.74) is 8.62. The molecule has 0 heterocycles. The highest BCUT2D eigenvalue weighted by molar-refractivity contribution is 5.90. The lowest BCUT2D eigenvalue weighted by Crippen LogP contribution is -2.00. The van der Waals surface area contributed by atoms with Gasteiger partial charge in [0, 0.05) is 0 Å². The molecule has 0 aliphatic heterocycles. The lowest BCUT2D eigenvalue weighted by molar-refractivity contribution is 0.0601. The fraction of sp³-hybridized carbons (Fsp3) is 0.222. The van der Waals surface area contributed by atoms with Gasteiger partial charge in [-0.05, 0) is 24.6 Å². The summed E-state index contributed by atoms with van der Waals surface area (Å²) in [4.78, 5) is 11.1. The van der Waals surface area contributed by atoms with E-state index in [1.54, 1.807) is 12.1 Å². The predicted molar refractivity (Wildman–Crippen MR) is 47.3 cm³/mol. The smallest absolute Gasteiger partial charge is 0.337 e. The first-order chi connectivity index (χ1) is 6.19. The van der Waals surface area contributed by atoms with E-state index in [4.69, 9.17) is 5.53 Å². The van der Waals surface area contributed by atoms with Crippen LogP contribution in [-0.4, -0.2) is 13.1 Å². The maximum absolute atomic E-state index is 11.1. The van der Waals surface area contributed by atoms with Crippen LogP contribution in [0.1, 0.15) is 15.9 Å². The molecule has 0 spiro atoms. The Kier molecular flexibility index (Phi) is 2.74. The molecule has 0 saturated heterocycles. The second-order valence-corrected chi connectivity index (χ2v) is 2.60. The van der Waals surface area contributed by atoms with E-state index in [0.717, 1.165) is 5.56 Å². The minimum absolute atomic E-state index is 0.412. The van der Waals surface area contributed by atoms with E-state index in [0.29, 0.717) is 11.3 Å². The standard InChI is InChI=1S/C9H10N2O2/c1-6-3-4-7(9(12)13-2)5-8(6)11-10/h3-5,10H,1-2H3. The number of nitrogens with one attached hydrogen (secondary N) is 1. The molecule has 0 aromatic heterocycles. The molecule has 4 heteroatoms. The summed E-state index contributed by atoms with van der Waals surface area (Å²) in [6.07, 6.45) is 0. The van der Waals surface area contributed by atoms with Crippen LogP contribution in [0.2, 0.25) is 0 Å². The van der Waals surface area contributed by atoms with Gasteiger partial charge in [0.15, 0.2) is 0 Å². The Hall–Kier alpha value is -1.71. The predicted octanol–water partition coefficient (Wildman–Crippen LogP) is 2.44. The number of rotatable bonds is 2. The molecule has 1 rings (SSSR count). The van der Waals surface area contributed by atoms with Crippen molar-refractivity contribution >= 4 is 11.7 Å². The van der Waals surface area contributed by atoms with Gasteiger partial charge < -0.3 is 4.74 Å². The van der Waals surface area contributed by atoms with E-state index < -0.39 is 5.97 Å². The number of carbonyl (C=O) groups excluding carboxylic acids is 1. The number of nitrogens with zero attached hydrogens (tertiary/aromatic N) is 1. The molecule has 0 unspecified atom stereocenters. The zero-order valence-electron chi connectivity index (χ0n) is 7.50. The first-order valence-electron chi connectivity index (χ1n) is 3.75. The van der Waals surface area contributed by atoms with Crippen LogP contribution in [0.3, 0.4) is 0 Å². The van der Waals surface area contributed by atoms with Crippen LogP contribution in [0.25, 0.3) is 0 Å². The van der Waals surface area contributed by atoms with Crippen LogP contribution >= 0.6 is 0 Å². The second-order valence-electron chi connectivity index (χ2n) is 2.60. The molecular formula is C9H10N2O2. The summed E-state index contributed by atoms with van der Waals surface area (Å²) >= 11 is 0. The van der Waals surface area contributed by atoms with Crippen molar-refractivity contribution in [3.05, 3.63) is 29.3 Å². The van der Waals surface area contributed by atoms with Crippen molar-refractivity contribution in [1.82, 2.24) is 0 Å². The molecule has 1 aromatic rings.